The van der Waals surface area contributed by atoms with Crippen molar-refractivity contribution in [2.45, 2.75) is 27.3 Å². The molecule has 0 unspecified atom stereocenters. The maximum absolute atomic E-state index is 12.6. The van der Waals surface area contributed by atoms with Crippen molar-refractivity contribution in [3.63, 3.8) is 0 Å². The molecule has 0 N–H and O–H groups in total. The molecule has 130 valence electrons. The van der Waals surface area contributed by atoms with Crippen molar-refractivity contribution >= 4 is 33.2 Å². The summed E-state index contributed by atoms with van der Waals surface area (Å²) in [6.45, 7) is 5.90. The van der Waals surface area contributed by atoms with Crippen molar-refractivity contribution in [3.8, 4) is 12.3 Å². The highest BCUT2D eigenvalue weighted by Gasteiger charge is 2.11. The van der Waals surface area contributed by atoms with Gasteiger partial charge in [-0.05, 0) is 50.1 Å². The minimum atomic E-state index is -0.355. The number of amides is 1. The molecule has 0 aliphatic rings. The summed E-state index contributed by atoms with van der Waals surface area (Å²) in [5, 5.41) is 0. The predicted octanol–water partition coefficient (Wildman–Crippen LogP) is 3.90. The Morgan fingerprint density at radius 1 is 1.15 bits per heavy atom. The smallest absolute Gasteiger partial charge is 0.279 e. The Kier molecular flexibility index (Phi) is 4.88. The van der Waals surface area contributed by atoms with Crippen molar-refractivity contribution in [1.29, 1.82) is 0 Å². The molecule has 0 aliphatic carbocycles. The normalized spacial score (nSPS) is 11.5. The molecule has 0 radical (unpaired) electrons. The van der Waals surface area contributed by atoms with Crippen LogP contribution >= 0.6 is 11.3 Å². The number of thiazole rings is 1. The Labute approximate surface area is 155 Å². The third kappa shape index (κ3) is 3.37. The summed E-state index contributed by atoms with van der Waals surface area (Å²) in [7, 11) is 0. The molecular formula is C21H18N2O2S. The molecule has 26 heavy (non-hydrogen) atoms. The van der Waals surface area contributed by atoms with Gasteiger partial charge < -0.3 is 4.57 Å². The molecule has 0 saturated carbocycles. The van der Waals surface area contributed by atoms with Crippen LogP contribution in [-0.4, -0.2) is 16.3 Å². The number of Topliss-reactive ketones (excluding diaryl/α,β-unsaturated/α-hetero) is 1. The number of aryl methyl sites for hydroxylation is 2. The van der Waals surface area contributed by atoms with Gasteiger partial charge in [0, 0.05) is 11.1 Å². The van der Waals surface area contributed by atoms with E-state index in [0.717, 1.165) is 21.3 Å². The van der Waals surface area contributed by atoms with E-state index in [-0.39, 0.29) is 11.7 Å². The Balaban J connectivity index is 2.12. The van der Waals surface area contributed by atoms with Crippen molar-refractivity contribution in [1.82, 2.24) is 4.57 Å². The Morgan fingerprint density at radius 2 is 1.81 bits per heavy atom. The summed E-state index contributed by atoms with van der Waals surface area (Å²) in [6.07, 6.45) is 5.52. The summed E-state index contributed by atoms with van der Waals surface area (Å²) < 4.78 is 2.95. The van der Waals surface area contributed by atoms with E-state index in [9.17, 15) is 9.59 Å². The van der Waals surface area contributed by atoms with E-state index >= 15 is 0 Å². The molecule has 0 atom stereocenters. The van der Waals surface area contributed by atoms with Crippen LogP contribution in [0, 0.1) is 26.2 Å². The van der Waals surface area contributed by atoms with Crippen LogP contribution in [0.3, 0.4) is 0 Å². The second kappa shape index (κ2) is 7.11. The zero-order chi connectivity index (χ0) is 18.8. The topological polar surface area (TPSA) is 51.4 Å². The number of terminal acetylenes is 1. The second-order valence-electron chi connectivity index (χ2n) is 6.15. The zero-order valence-corrected chi connectivity index (χ0v) is 15.7. The van der Waals surface area contributed by atoms with Gasteiger partial charge in [0.25, 0.3) is 5.91 Å². The third-order valence-corrected chi connectivity index (χ3v) is 5.12. The number of hydrogen-bond acceptors (Lipinski definition) is 3. The number of benzene rings is 2. The lowest BCUT2D eigenvalue weighted by Crippen LogP contribution is -2.17. The van der Waals surface area contributed by atoms with Gasteiger partial charge in [-0.1, -0.05) is 35.5 Å². The molecular weight excluding hydrogens is 344 g/mol. The number of carbonyl (C=O) groups is 2. The second-order valence-corrected chi connectivity index (χ2v) is 7.16. The van der Waals surface area contributed by atoms with E-state index in [2.05, 4.69) is 23.0 Å². The van der Waals surface area contributed by atoms with Crippen LogP contribution in [0.15, 0.2) is 41.4 Å². The fourth-order valence-corrected chi connectivity index (χ4v) is 4.12. The van der Waals surface area contributed by atoms with Crippen LogP contribution < -0.4 is 4.80 Å². The highest BCUT2D eigenvalue weighted by Crippen LogP contribution is 2.23. The minimum Gasteiger partial charge on any atom is -0.304 e. The van der Waals surface area contributed by atoms with Crippen LogP contribution in [0.25, 0.3) is 10.2 Å². The Hall–Kier alpha value is -2.97. The minimum absolute atomic E-state index is 0.0387. The molecule has 3 aromatic rings. The number of aromatic nitrogens is 1. The number of rotatable bonds is 3. The quantitative estimate of drug-likeness (QED) is 0.524. The molecule has 1 amide bonds. The van der Waals surface area contributed by atoms with E-state index in [1.165, 1.54) is 18.3 Å². The van der Waals surface area contributed by atoms with Crippen LogP contribution in [0.1, 0.15) is 38.8 Å². The highest BCUT2D eigenvalue weighted by molar-refractivity contribution is 7.16. The summed E-state index contributed by atoms with van der Waals surface area (Å²) in [5.41, 5.74) is 4.27. The lowest BCUT2D eigenvalue weighted by atomic mass is 10.1. The molecule has 0 bridgehead atoms. The average Bonchev–Trinajstić information content (AvgIpc) is 2.92. The molecule has 0 aliphatic heterocycles. The summed E-state index contributed by atoms with van der Waals surface area (Å²) in [6, 6.07) is 10.7. The van der Waals surface area contributed by atoms with Gasteiger partial charge in [0.15, 0.2) is 10.6 Å². The van der Waals surface area contributed by atoms with Gasteiger partial charge in [0.2, 0.25) is 0 Å². The Bertz CT molecular complexity index is 1130. The third-order valence-electron chi connectivity index (χ3n) is 4.10. The molecule has 0 fully saturated rings. The van der Waals surface area contributed by atoms with E-state index in [4.69, 9.17) is 6.42 Å². The standard InChI is InChI=1S/C21H18N2O2S/c1-5-10-23-19-14(3)11-13(2)12-18(19)26-21(23)22-20(25)17-8-6-16(7-9-17)15(4)24/h1,6-9,11-12H,10H2,2-4H3. The largest absolute Gasteiger partial charge is 0.304 e. The fraction of sp³-hybridized carbons (Fsp3) is 0.190. The highest BCUT2D eigenvalue weighted by atomic mass is 32.1. The van der Waals surface area contributed by atoms with E-state index in [1.54, 1.807) is 24.3 Å². The fourth-order valence-electron chi connectivity index (χ4n) is 2.91. The number of carbonyl (C=O) groups excluding carboxylic acids is 2. The van der Waals surface area contributed by atoms with E-state index in [0.29, 0.717) is 22.5 Å². The zero-order valence-electron chi connectivity index (χ0n) is 14.9. The van der Waals surface area contributed by atoms with Gasteiger partial charge in [-0.3, -0.25) is 9.59 Å². The first-order chi connectivity index (χ1) is 12.4. The molecule has 4 nitrogen and oxygen atoms in total. The number of nitrogens with zero attached hydrogens (tertiary/aromatic N) is 2. The summed E-state index contributed by atoms with van der Waals surface area (Å²) in [4.78, 5) is 28.8. The maximum atomic E-state index is 12.6. The average molecular weight is 362 g/mol. The first-order valence-corrected chi connectivity index (χ1v) is 8.96. The van der Waals surface area contributed by atoms with Gasteiger partial charge in [-0.2, -0.15) is 4.99 Å². The van der Waals surface area contributed by atoms with Crippen molar-refractivity contribution in [2.24, 2.45) is 4.99 Å². The van der Waals surface area contributed by atoms with Crippen LogP contribution in [0.2, 0.25) is 0 Å². The van der Waals surface area contributed by atoms with Crippen molar-refractivity contribution in [2.75, 3.05) is 0 Å². The monoisotopic (exact) mass is 362 g/mol. The van der Waals surface area contributed by atoms with Crippen molar-refractivity contribution in [3.05, 3.63) is 63.5 Å². The van der Waals surface area contributed by atoms with Gasteiger partial charge >= 0.3 is 0 Å². The van der Waals surface area contributed by atoms with Gasteiger partial charge in [-0.25, -0.2) is 0 Å². The summed E-state index contributed by atoms with van der Waals surface area (Å²) in [5.74, 6) is 2.24. The summed E-state index contributed by atoms with van der Waals surface area (Å²) >= 11 is 1.45. The molecule has 0 spiro atoms. The molecule has 5 heteroatoms. The maximum Gasteiger partial charge on any atom is 0.279 e. The Morgan fingerprint density at radius 3 is 2.42 bits per heavy atom. The molecule has 1 heterocycles. The number of ketones is 1. The molecule has 2 aromatic carbocycles. The van der Waals surface area contributed by atoms with Gasteiger partial charge in [0.05, 0.1) is 16.8 Å². The van der Waals surface area contributed by atoms with Crippen LogP contribution in [0.4, 0.5) is 0 Å². The number of fused-ring (bicyclic) bond motifs is 1. The van der Waals surface area contributed by atoms with Crippen LogP contribution in [0.5, 0.6) is 0 Å². The number of hydrogen-bond donors (Lipinski definition) is 0. The molecule has 1 aromatic heterocycles. The molecule has 3 rings (SSSR count). The first-order valence-electron chi connectivity index (χ1n) is 8.15. The lowest BCUT2D eigenvalue weighted by Gasteiger charge is -2.04. The molecule has 0 saturated heterocycles. The van der Waals surface area contributed by atoms with Gasteiger partial charge in [0.1, 0.15) is 0 Å². The van der Waals surface area contributed by atoms with Crippen molar-refractivity contribution < 1.29 is 9.59 Å². The van der Waals surface area contributed by atoms with E-state index in [1.807, 2.05) is 18.4 Å². The predicted molar refractivity (Wildman–Crippen MR) is 104 cm³/mol. The first kappa shape index (κ1) is 17.8. The SMILES string of the molecule is C#CCn1c(=NC(=O)c2ccc(C(C)=O)cc2)sc2cc(C)cc(C)c21. The lowest BCUT2D eigenvalue weighted by molar-refractivity contribution is 0.0991. The van der Waals surface area contributed by atoms with Gasteiger partial charge in [-0.15, -0.1) is 6.42 Å². The van der Waals surface area contributed by atoms with E-state index < -0.39 is 0 Å². The van der Waals surface area contributed by atoms with Crippen LogP contribution in [-0.2, 0) is 6.54 Å².